The minimum atomic E-state index is -0.387. The van der Waals surface area contributed by atoms with Gasteiger partial charge in [-0.05, 0) is 17.7 Å². The van der Waals surface area contributed by atoms with Gasteiger partial charge >= 0.3 is 0 Å². The molecule has 1 aromatic rings. The van der Waals surface area contributed by atoms with Gasteiger partial charge < -0.3 is 11.6 Å². The molecule has 0 unspecified atom stereocenters. The summed E-state index contributed by atoms with van der Waals surface area (Å²) in [5, 5.41) is 6.23. The predicted molar refractivity (Wildman–Crippen MR) is 64.1 cm³/mol. The molecule has 0 saturated carbocycles. The smallest absolute Gasteiger partial charge is 0.231 e. The van der Waals surface area contributed by atoms with Gasteiger partial charge in [0.15, 0.2) is 0 Å². The average molecular weight is 261 g/mol. The first-order valence-corrected chi connectivity index (χ1v) is 5.06. The zero-order valence-corrected chi connectivity index (χ0v) is 9.72. The molecule has 0 spiro atoms. The molecule has 0 aliphatic heterocycles. The molecule has 1 aromatic carbocycles. The highest BCUT2D eigenvalue weighted by atomic mass is 35.5. The number of halogens is 2. The summed E-state index contributed by atoms with van der Waals surface area (Å²) in [6.45, 7) is 0. The van der Waals surface area contributed by atoms with E-state index in [1.54, 1.807) is 18.2 Å². The van der Waals surface area contributed by atoms with Crippen LogP contribution in [0.3, 0.4) is 0 Å². The maximum absolute atomic E-state index is 11.4. The molecule has 0 atom stereocenters. The van der Waals surface area contributed by atoms with Crippen LogP contribution in [0.5, 0.6) is 0 Å². The van der Waals surface area contributed by atoms with E-state index in [-0.39, 0.29) is 18.3 Å². The van der Waals surface area contributed by atoms with E-state index in [0.717, 1.165) is 0 Å². The normalized spacial score (nSPS) is 11.2. The molecular weight excluding hydrogens is 251 g/mol. The second-order valence-corrected chi connectivity index (χ2v) is 3.75. The van der Waals surface area contributed by atoms with E-state index >= 15 is 0 Å². The Labute approximate surface area is 102 Å². The van der Waals surface area contributed by atoms with Crippen LogP contribution in [0.4, 0.5) is 0 Å². The zero-order chi connectivity index (χ0) is 12.1. The van der Waals surface area contributed by atoms with Gasteiger partial charge in [-0.3, -0.25) is 10.1 Å². The molecule has 0 aromatic heterocycles. The fourth-order valence-corrected chi connectivity index (χ4v) is 1.61. The Bertz CT molecular complexity index is 413. The standard InChI is InChI=1S/C9H10Cl2N4O/c10-6-2-1-3-7(11)5(6)4-8(16)14-9(12)15-13/h1-3H,4,13H2,(H3,12,14,15,16). The molecular formula is C9H10Cl2N4O. The molecule has 5 nitrogen and oxygen atoms in total. The summed E-state index contributed by atoms with van der Waals surface area (Å²) in [5.74, 6) is 4.32. The molecule has 86 valence electrons. The third kappa shape index (κ3) is 3.29. The van der Waals surface area contributed by atoms with Crippen molar-refractivity contribution in [1.82, 2.24) is 5.32 Å². The Balaban J connectivity index is 2.77. The van der Waals surface area contributed by atoms with Crippen molar-refractivity contribution in [2.75, 3.05) is 0 Å². The van der Waals surface area contributed by atoms with Crippen LogP contribution in [0.15, 0.2) is 23.3 Å². The first-order chi connectivity index (χ1) is 7.54. The number of hydrazone groups is 1. The van der Waals surface area contributed by atoms with Crippen LogP contribution in [0.25, 0.3) is 0 Å². The Kier molecular flexibility index (Phi) is 4.39. The lowest BCUT2D eigenvalue weighted by atomic mass is 10.1. The van der Waals surface area contributed by atoms with Gasteiger partial charge in [0.05, 0.1) is 6.42 Å². The highest BCUT2D eigenvalue weighted by Crippen LogP contribution is 2.24. The Morgan fingerprint density at radius 3 is 2.44 bits per heavy atom. The molecule has 1 rings (SSSR count). The number of amides is 1. The van der Waals surface area contributed by atoms with E-state index < -0.39 is 0 Å². The molecule has 0 saturated heterocycles. The van der Waals surface area contributed by atoms with E-state index in [2.05, 4.69) is 10.4 Å². The minimum absolute atomic E-state index is 0.00866. The van der Waals surface area contributed by atoms with Gasteiger partial charge in [0.2, 0.25) is 11.9 Å². The second kappa shape index (κ2) is 5.58. The lowest BCUT2D eigenvalue weighted by Gasteiger charge is -2.06. The molecule has 5 N–H and O–H groups in total. The number of hydrogen-bond donors (Lipinski definition) is 3. The van der Waals surface area contributed by atoms with Crippen LogP contribution in [0.2, 0.25) is 10.0 Å². The Morgan fingerprint density at radius 2 is 1.94 bits per heavy atom. The van der Waals surface area contributed by atoms with Crippen molar-refractivity contribution in [2.45, 2.75) is 6.42 Å². The Hall–Kier alpha value is -1.46. The summed E-state index contributed by atoms with van der Waals surface area (Å²) in [6, 6.07) is 4.99. The SMILES string of the molecule is N/N=C(\N)NC(=O)Cc1c(Cl)cccc1Cl. The van der Waals surface area contributed by atoms with Crippen molar-refractivity contribution < 1.29 is 4.79 Å². The van der Waals surface area contributed by atoms with E-state index in [1.807, 2.05) is 0 Å². The summed E-state index contributed by atoms with van der Waals surface area (Å²) in [5.41, 5.74) is 5.77. The van der Waals surface area contributed by atoms with Crippen LogP contribution in [0.1, 0.15) is 5.56 Å². The third-order valence-electron chi connectivity index (χ3n) is 1.81. The van der Waals surface area contributed by atoms with Gasteiger partial charge in [0.1, 0.15) is 0 Å². The first-order valence-electron chi connectivity index (χ1n) is 4.30. The summed E-state index contributed by atoms with van der Waals surface area (Å²) in [4.78, 5) is 11.4. The number of carbonyl (C=O) groups excluding carboxylic acids is 1. The van der Waals surface area contributed by atoms with Crippen molar-refractivity contribution >= 4 is 35.1 Å². The van der Waals surface area contributed by atoms with Crippen LogP contribution < -0.4 is 16.9 Å². The summed E-state index contributed by atoms with van der Waals surface area (Å²) in [7, 11) is 0. The molecule has 1 amide bonds. The van der Waals surface area contributed by atoms with Crippen molar-refractivity contribution in [3.05, 3.63) is 33.8 Å². The van der Waals surface area contributed by atoms with E-state index in [1.165, 1.54) is 0 Å². The topological polar surface area (TPSA) is 93.5 Å². The molecule has 0 aliphatic rings. The van der Waals surface area contributed by atoms with Crippen molar-refractivity contribution in [1.29, 1.82) is 0 Å². The maximum atomic E-state index is 11.4. The van der Waals surface area contributed by atoms with E-state index in [9.17, 15) is 4.79 Å². The molecule has 0 heterocycles. The van der Waals surface area contributed by atoms with Gasteiger partial charge in [-0.25, -0.2) is 0 Å². The van der Waals surface area contributed by atoms with Crippen LogP contribution in [-0.2, 0) is 11.2 Å². The van der Waals surface area contributed by atoms with E-state index in [0.29, 0.717) is 15.6 Å². The highest BCUT2D eigenvalue weighted by molar-refractivity contribution is 6.36. The number of nitrogens with two attached hydrogens (primary N) is 2. The lowest BCUT2D eigenvalue weighted by Crippen LogP contribution is -2.38. The zero-order valence-electron chi connectivity index (χ0n) is 8.21. The first kappa shape index (κ1) is 12.6. The number of guanidine groups is 1. The average Bonchev–Trinajstić information content (AvgIpc) is 2.23. The number of carbonyl (C=O) groups is 1. The van der Waals surface area contributed by atoms with Crippen molar-refractivity contribution in [3.63, 3.8) is 0 Å². The second-order valence-electron chi connectivity index (χ2n) is 2.94. The van der Waals surface area contributed by atoms with Crippen molar-refractivity contribution in [2.24, 2.45) is 16.7 Å². The van der Waals surface area contributed by atoms with Crippen LogP contribution >= 0.6 is 23.2 Å². The van der Waals surface area contributed by atoms with Gasteiger partial charge in [-0.2, -0.15) is 0 Å². The summed E-state index contributed by atoms with van der Waals surface area (Å²) < 4.78 is 0. The highest BCUT2D eigenvalue weighted by Gasteiger charge is 2.11. The molecule has 16 heavy (non-hydrogen) atoms. The summed E-state index contributed by atoms with van der Waals surface area (Å²) >= 11 is 11.8. The minimum Gasteiger partial charge on any atom is -0.368 e. The van der Waals surface area contributed by atoms with Gasteiger partial charge in [-0.15, -0.1) is 5.10 Å². The number of hydrogen-bond acceptors (Lipinski definition) is 3. The lowest BCUT2D eigenvalue weighted by molar-refractivity contribution is -0.119. The fraction of sp³-hybridized carbons (Fsp3) is 0.111. The molecule has 0 radical (unpaired) electrons. The predicted octanol–water partition coefficient (Wildman–Crippen LogP) is 0.841. The van der Waals surface area contributed by atoms with E-state index in [4.69, 9.17) is 34.8 Å². The monoisotopic (exact) mass is 260 g/mol. The molecule has 0 bridgehead atoms. The number of nitrogens with zero attached hydrogens (tertiary/aromatic N) is 1. The Morgan fingerprint density at radius 1 is 1.38 bits per heavy atom. The quantitative estimate of drug-likeness (QED) is 0.318. The van der Waals surface area contributed by atoms with Crippen LogP contribution in [-0.4, -0.2) is 11.9 Å². The fourth-order valence-electron chi connectivity index (χ4n) is 1.08. The third-order valence-corrected chi connectivity index (χ3v) is 2.51. The number of nitrogens with one attached hydrogen (secondary N) is 1. The summed E-state index contributed by atoms with van der Waals surface area (Å²) in [6.07, 6.45) is 0.00866. The largest absolute Gasteiger partial charge is 0.368 e. The molecule has 7 heteroatoms. The van der Waals surface area contributed by atoms with Crippen molar-refractivity contribution in [3.8, 4) is 0 Å². The maximum Gasteiger partial charge on any atom is 0.231 e. The number of benzene rings is 1. The van der Waals surface area contributed by atoms with Crippen LogP contribution in [0, 0.1) is 0 Å². The number of rotatable bonds is 2. The van der Waals surface area contributed by atoms with Gasteiger partial charge in [0, 0.05) is 10.0 Å². The van der Waals surface area contributed by atoms with Gasteiger partial charge in [0.25, 0.3) is 0 Å². The van der Waals surface area contributed by atoms with Gasteiger partial charge in [-0.1, -0.05) is 29.3 Å². The molecule has 0 fully saturated rings. The molecule has 0 aliphatic carbocycles.